The molecule has 0 spiro atoms. The summed E-state index contributed by atoms with van der Waals surface area (Å²) < 4.78 is 0. The molecule has 74 valence electrons. The molecular weight excluding hydrogens is 164 g/mol. The number of carbonyl (C=O) groups is 1. The van der Waals surface area contributed by atoms with Crippen LogP contribution in [-0.4, -0.2) is 37.0 Å². The van der Waals surface area contributed by atoms with Crippen LogP contribution in [-0.2, 0) is 4.79 Å². The summed E-state index contributed by atoms with van der Waals surface area (Å²) in [6.07, 6.45) is 3.39. The smallest absolute Gasteiger partial charge is 0.229 e. The van der Waals surface area contributed by atoms with Crippen LogP contribution < -0.4 is 5.32 Å². The van der Waals surface area contributed by atoms with Crippen LogP contribution in [0.2, 0.25) is 0 Å². The van der Waals surface area contributed by atoms with Gasteiger partial charge in [0.1, 0.15) is 0 Å². The topological polar surface area (TPSA) is 32.3 Å². The Hall–Kier alpha value is -0.570. The fraction of sp³-hybridized carbons (Fsp3) is 0.900. The maximum Gasteiger partial charge on any atom is 0.229 e. The molecule has 1 aliphatic carbocycles. The molecule has 2 fully saturated rings. The molecule has 1 amide bonds. The lowest BCUT2D eigenvalue weighted by atomic mass is 9.88. The minimum absolute atomic E-state index is 0.128. The van der Waals surface area contributed by atoms with E-state index in [1.54, 1.807) is 0 Å². The van der Waals surface area contributed by atoms with Gasteiger partial charge in [-0.05, 0) is 32.7 Å². The maximum atomic E-state index is 12.0. The van der Waals surface area contributed by atoms with E-state index in [0.29, 0.717) is 11.9 Å². The standard InChI is InChI=1S/C10H18N2O/c1-10(5-6-11-7-10)9(13)12(2)8-3-4-8/h8,11H,3-7H2,1-2H3. The molecule has 0 bridgehead atoms. The molecule has 0 radical (unpaired) electrons. The Balaban J connectivity index is 2.01. The minimum atomic E-state index is -0.128. The van der Waals surface area contributed by atoms with E-state index in [4.69, 9.17) is 0 Å². The third-order valence-corrected chi connectivity index (χ3v) is 3.30. The van der Waals surface area contributed by atoms with Gasteiger partial charge in [-0.25, -0.2) is 0 Å². The second-order valence-corrected chi connectivity index (χ2v) is 4.63. The van der Waals surface area contributed by atoms with Crippen molar-refractivity contribution in [1.82, 2.24) is 10.2 Å². The predicted octanol–water partition coefficient (Wildman–Crippen LogP) is 0.607. The fourth-order valence-electron chi connectivity index (χ4n) is 2.05. The number of nitrogens with zero attached hydrogens (tertiary/aromatic N) is 1. The molecule has 13 heavy (non-hydrogen) atoms. The number of hydrogen-bond acceptors (Lipinski definition) is 2. The lowest BCUT2D eigenvalue weighted by molar-refractivity contribution is -0.139. The molecule has 2 rings (SSSR count). The summed E-state index contributed by atoms with van der Waals surface area (Å²) in [5, 5.41) is 3.26. The average molecular weight is 182 g/mol. The molecule has 1 aliphatic heterocycles. The van der Waals surface area contributed by atoms with Crippen LogP contribution in [0.4, 0.5) is 0 Å². The van der Waals surface area contributed by atoms with E-state index in [9.17, 15) is 4.79 Å². The predicted molar refractivity (Wildman–Crippen MR) is 51.4 cm³/mol. The SMILES string of the molecule is CN(C(=O)C1(C)CCNC1)C1CC1. The van der Waals surface area contributed by atoms with Crippen molar-refractivity contribution in [2.75, 3.05) is 20.1 Å². The largest absolute Gasteiger partial charge is 0.342 e. The van der Waals surface area contributed by atoms with E-state index in [-0.39, 0.29) is 5.41 Å². The molecule has 1 saturated heterocycles. The highest BCUT2D eigenvalue weighted by Crippen LogP contribution is 2.32. The third-order valence-electron chi connectivity index (χ3n) is 3.30. The second-order valence-electron chi connectivity index (χ2n) is 4.63. The quantitative estimate of drug-likeness (QED) is 0.678. The van der Waals surface area contributed by atoms with Crippen LogP contribution in [0.15, 0.2) is 0 Å². The zero-order valence-electron chi connectivity index (χ0n) is 8.47. The zero-order chi connectivity index (χ0) is 9.47. The van der Waals surface area contributed by atoms with Crippen molar-refractivity contribution in [2.24, 2.45) is 5.41 Å². The van der Waals surface area contributed by atoms with Crippen molar-refractivity contribution in [3.63, 3.8) is 0 Å². The third kappa shape index (κ3) is 1.57. The summed E-state index contributed by atoms with van der Waals surface area (Å²) in [5.41, 5.74) is -0.128. The Bertz CT molecular complexity index is 217. The Morgan fingerprint density at radius 2 is 2.23 bits per heavy atom. The minimum Gasteiger partial charge on any atom is -0.342 e. The first-order valence-corrected chi connectivity index (χ1v) is 5.11. The van der Waals surface area contributed by atoms with E-state index in [1.165, 1.54) is 12.8 Å². The van der Waals surface area contributed by atoms with Gasteiger partial charge in [0.15, 0.2) is 0 Å². The Labute approximate surface area is 79.5 Å². The molecule has 1 saturated carbocycles. The van der Waals surface area contributed by atoms with Crippen LogP contribution in [0.3, 0.4) is 0 Å². The van der Waals surface area contributed by atoms with E-state index in [2.05, 4.69) is 12.2 Å². The van der Waals surface area contributed by atoms with Crippen molar-refractivity contribution < 1.29 is 4.79 Å². The van der Waals surface area contributed by atoms with E-state index in [1.807, 2.05) is 11.9 Å². The van der Waals surface area contributed by atoms with E-state index >= 15 is 0 Å². The van der Waals surface area contributed by atoms with Gasteiger partial charge in [0, 0.05) is 19.6 Å². The van der Waals surface area contributed by atoms with Gasteiger partial charge >= 0.3 is 0 Å². The Morgan fingerprint density at radius 1 is 1.54 bits per heavy atom. The first-order chi connectivity index (χ1) is 6.13. The van der Waals surface area contributed by atoms with Gasteiger partial charge in [-0.2, -0.15) is 0 Å². The van der Waals surface area contributed by atoms with Crippen LogP contribution in [0.25, 0.3) is 0 Å². The lowest BCUT2D eigenvalue weighted by Crippen LogP contribution is -2.42. The zero-order valence-corrected chi connectivity index (χ0v) is 8.47. The van der Waals surface area contributed by atoms with Gasteiger partial charge in [-0.3, -0.25) is 4.79 Å². The van der Waals surface area contributed by atoms with Crippen molar-refractivity contribution in [1.29, 1.82) is 0 Å². The van der Waals surface area contributed by atoms with Crippen molar-refractivity contribution in [3.8, 4) is 0 Å². The first kappa shape index (κ1) is 9.00. The molecule has 1 unspecified atom stereocenters. The van der Waals surface area contributed by atoms with Crippen LogP contribution >= 0.6 is 0 Å². The lowest BCUT2D eigenvalue weighted by Gasteiger charge is -2.28. The highest BCUT2D eigenvalue weighted by Gasteiger charge is 2.41. The molecule has 0 aromatic rings. The van der Waals surface area contributed by atoms with Gasteiger partial charge in [-0.15, -0.1) is 0 Å². The summed E-state index contributed by atoms with van der Waals surface area (Å²) in [7, 11) is 1.95. The summed E-state index contributed by atoms with van der Waals surface area (Å²) in [6.45, 7) is 3.91. The highest BCUT2D eigenvalue weighted by atomic mass is 16.2. The summed E-state index contributed by atoms with van der Waals surface area (Å²) in [5.74, 6) is 0.333. The molecule has 1 heterocycles. The maximum absolute atomic E-state index is 12.0. The Morgan fingerprint density at radius 3 is 2.69 bits per heavy atom. The first-order valence-electron chi connectivity index (χ1n) is 5.11. The highest BCUT2D eigenvalue weighted by molar-refractivity contribution is 5.83. The van der Waals surface area contributed by atoms with E-state index < -0.39 is 0 Å². The Kier molecular flexibility index (Phi) is 2.06. The number of carbonyl (C=O) groups excluding carboxylic acids is 1. The molecule has 1 N–H and O–H groups in total. The normalized spacial score (nSPS) is 33.4. The van der Waals surface area contributed by atoms with Crippen LogP contribution in [0.1, 0.15) is 26.2 Å². The molecule has 2 aliphatic rings. The summed E-state index contributed by atoms with van der Waals surface area (Å²) in [4.78, 5) is 14.0. The number of nitrogens with one attached hydrogen (secondary N) is 1. The number of rotatable bonds is 2. The number of hydrogen-bond donors (Lipinski definition) is 1. The molecule has 0 aromatic heterocycles. The van der Waals surface area contributed by atoms with Crippen LogP contribution in [0, 0.1) is 5.41 Å². The van der Waals surface area contributed by atoms with Gasteiger partial charge in [0.2, 0.25) is 5.91 Å². The second kappa shape index (κ2) is 2.98. The van der Waals surface area contributed by atoms with Gasteiger partial charge in [0.25, 0.3) is 0 Å². The summed E-state index contributed by atoms with van der Waals surface area (Å²) >= 11 is 0. The molecule has 3 nitrogen and oxygen atoms in total. The van der Waals surface area contributed by atoms with Crippen molar-refractivity contribution in [2.45, 2.75) is 32.2 Å². The monoisotopic (exact) mass is 182 g/mol. The molecule has 1 atom stereocenters. The van der Waals surface area contributed by atoms with E-state index in [0.717, 1.165) is 19.5 Å². The average Bonchev–Trinajstić information content (AvgIpc) is 2.88. The van der Waals surface area contributed by atoms with Crippen molar-refractivity contribution >= 4 is 5.91 Å². The molecule has 3 heteroatoms. The van der Waals surface area contributed by atoms with Gasteiger partial charge in [-0.1, -0.05) is 0 Å². The fourth-order valence-corrected chi connectivity index (χ4v) is 2.05. The summed E-state index contributed by atoms with van der Waals surface area (Å²) in [6, 6.07) is 0.546. The van der Waals surface area contributed by atoms with Crippen molar-refractivity contribution in [3.05, 3.63) is 0 Å². The number of amides is 1. The van der Waals surface area contributed by atoms with Gasteiger partial charge < -0.3 is 10.2 Å². The van der Waals surface area contributed by atoms with Gasteiger partial charge in [0.05, 0.1) is 5.41 Å². The molecule has 0 aromatic carbocycles. The van der Waals surface area contributed by atoms with Crippen LogP contribution in [0.5, 0.6) is 0 Å². The molecular formula is C10H18N2O.